The zero-order chi connectivity index (χ0) is 14.8. The zero-order valence-corrected chi connectivity index (χ0v) is 10.2. The van der Waals surface area contributed by atoms with Crippen LogP contribution < -0.4 is 10.5 Å². The minimum atomic E-state index is -4.52. The number of ether oxygens (including phenoxy) is 1. The second-order valence-corrected chi connectivity index (χ2v) is 4.15. The topological polar surface area (TPSA) is 35.2 Å². The van der Waals surface area contributed by atoms with E-state index >= 15 is 0 Å². The number of hydrogen-bond donors (Lipinski definition) is 1. The third-order valence-corrected chi connectivity index (χ3v) is 2.62. The molecule has 2 nitrogen and oxygen atoms in total. The van der Waals surface area contributed by atoms with Crippen LogP contribution in [-0.2, 0) is 0 Å². The molecule has 0 saturated carbocycles. The summed E-state index contributed by atoms with van der Waals surface area (Å²) in [4.78, 5) is 0. The number of benzene rings is 2. The first-order valence-electron chi connectivity index (χ1n) is 5.72. The lowest BCUT2D eigenvalue weighted by atomic mass is 10.1. The average Bonchev–Trinajstić information content (AvgIpc) is 2.40. The van der Waals surface area contributed by atoms with Gasteiger partial charge in [0, 0.05) is 0 Å². The van der Waals surface area contributed by atoms with Gasteiger partial charge in [0.25, 0.3) is 0 Å². The number of hydrogen-bond acceptors (Lipinski definition) is 2. The molecule has 0 fully saturated rings. The third kappa shape index (κ3) is 3.48. The van der Waals surface area contributed by atoms with Crippen LogP contribution in [0.15, 0.2) is 48.5 Å². The Hall–Kier alpha value is -2.08. The summed E-state index contributed by atoms with van der Waals surface area (Å²) in [5.41, 5.74) is 5.02. The Balaban J connectivity index is 2.20. The van der Waals surface area contributed by atoms with Crippen LogP contribution in [0.4, 0.5) is 17.6 Å². The predicted molar refractivity (Wildman–Crippen MR) is 65.9 cm³/mol. The highest BCUT2D eigenvalue weighted by molar-refractivity contribution is 5.35. The summed E-state index contributed by atoms with van der Waals surface area (Å²) in [6.45, 7) is 0. The Morgan fingerprint density at radius 2 is 1.60 bits per heavy atom. The Morgan fingerprint density at radius 1 is 0.950 bits per heavy atom. The van der Waals surface area contributed by atoms with Crippen LogP contribution in [-0.4, -0.2) is 6.18 Å². The van der Waals surface area contributed by atoms with E-state index in [2.05, 4.69) is 0 Å². The largest absolute Gasteiger partial charge is 0.457 e. The maximum atomic E-state index is 12.7. The molecule has 0 aromatic heterocycles. The van der Waals surface area contributed by atoms with Crippen molar-refractivity contribution in [2.75, 3.05) is 0 Å². The summed E-state index contributed by atoms with van der Waals surface area (Å²) in [7, 11) is 0. The normalized spacial score (nSPS) is 13.1. The monoisotopic (exact) mass is 285 g/mol. The van der Waals surface area contributed by atoms with Crippen molar-refractivity contribution in [3.8, 4) is 11.5 Å². The van der Waals surface area contributed by atoms with Gasteiger partial charge in [-0.1, -0.05) is 12.1 Å². The summed E-state index contributed by atoms with van der Waals surface area (Å²) in [5.74, 6) is 0.100. The van der Waals surface area contributed by atoms with Gasteiger partial charge in [-0.05, 0) is 42.0 Å². The van der Waals surface area contributed by atoms with Crippen molar-refractivity contribution in [2.45, 2.75) is 12.2 Å². The second-order valence-electron chi connectivity index (χ2n) is 4.15. The van der Waals surface area contributed by atoms with E-state index in [-0.39, 0.29) is 11.3 Å². The predicted octanol–water partition coefficient (Wildman–Crippen LogP) is 4.18. The lowest BCUT2D eigenvalue weighted by Gasteiger charge is -2.16. The molecule has 0 aliphatic heterocycles. The molecule has 0 bridgehead atoms. The first-order chi connectivity index (χ1) is 9.36. The molecule has 0 heterocycles. The standard InChI is InChI=1S/C14H11F4NO/c15-10-4-6-11(7-5-10)20-12-3-1-2-9(8-12)13(19)14(16,17)18/h1-8,13H,19H2/t13-/m1/s1. The van der Waals surface area contributed by atoms with Crippen molar-refractivity contribution in [3.05, 3.63) is 59.9 Å². The van der Waals surface area contributed by atoms with Crippen molar-refractivity contribution >= 4 is 0 Å². The molecule has 6 heteroatoms. The van der Waals surface area contributed by atoms with Crippen LogP contribution in [0, 0.1) is 5.82 Å². The van der Waals surface area contributed by atoms with Crippen LogP contribution in [0.1, 0.15) is 11.6 Å². The molecule has 0 radical (unpaired) electrons. The van der Waals surface area contributed by atoms with Crippen molar-refractivity contribution in [1.82, 2.24) is 0 Å². The highest BCUT2D eigenvalue weighted by atomic mass is 19.4. The van der Waals surface area contributed by atoms with E-state index in [1.807, 2.05) is 0 Å². The van der Waals surface area contributed by atoms with Gasteiger partial charge in [0.15, 0.2) is 0 Å². The summed E-state index contributed by atoms with van der Waals surface area (Å²) < 4.78 is 55.7. The molecule has 0 spiro atoms. The minimum Gasteiger partial charge on any atom is -0.457 e. The molecule has 20 heavy (non-hydrogen) atoms. The van der Waals surface area contributed by atoms with E-state index in [1.165, 1.54) is 48.5 Å². The van der Waals surface area contributed by atoms with Gasteiger partial charge in [-0.3, -0.25) is 0 Å². The molecule has 2 N–H and O–H groups in total. The number of halogens is 4. The molecule has 1 atom stereocenters. The Morgan fingerprint density at radius 3 is 2.20 bits per heavy atom. The molecule has 106 valence electrons. The lowest BCUT2D eigenvalue weighted by Crippen LogP contribution is -2.28. The quantitative estimate of drug-likeness (QED) is 0.859. The van der Waals surface area contributed by atoms with Crippen LogP contribution in [0.5, 0.6) is 11.5 Å². The SMILES string of the molecule is N[C@H](c1cccc(Oc2ccc(F)cc2)c1)C(F)(F)F. The van der Waals surface area contributed by atoms with E-state index in [9.17, 15) is 17.6 Å². The van der Waals surface area contributed by atoms with Crippen LogP contribution >= 0.6 is 0 Å². The van der Waals surface area contributed by atoms with Gasteiger partial charge in [-0.2, -0.15) is 13.2 Å². The van der Waals surface area contributed by atoms with Crippen LogP contribution in [0.3, 0.4) is 0 Å². The van der Waals surface area contributed by atoms with Crippen molar-refractivity contribution < 1.29 is 22.3 Å². The van der Waals surface area contributed by atoms with E-state index < -0.39 is 18.0 Å². The van der Waals surface area contributed by atoms with E-state index in [0.29, 0.717) is 5.75 Å². The lowest BCUT2D eigenvalue weighted by molar-refractivity contribution is -0.149. The smallest absolute Gasteiger partial charge is 0.407 e. The average molecular weight is 285 g/mol. The van der Waals surface area contributed by atoms with Gasteiger partial charge in [-0.15, -0.1) is 0 Å². The van der Waals surface area contributed by atoms with Gasteiger partial charge in [0.1, 0.15) is 23.4 Å². The fourth-order valence-corrected chi connectivity index (χ4v) is 1.60. The van der Waals surface area contributed by atoms with Crippen molar-refractivity contribution in [1.29, 1.82) is 0 Å². The Labute approximate surface area is 112 Å². The molecule has 2 rings (SSSR count). The number of rotatable bonds is 3. The maximum absolute atomic E-state index is 12.7. The van der Waals surface area contributed by atoms with E-state index in [0.717, 1.165) is 0 Å². The molecule has 0 unspecified atom stereocenters. The van der Waals surface area contributed by atoms with Gasteiger partial charge in [0.05, 0.1) is 0 Å². The zero-order valence-electron chi connectivity index (χ0n) is 10.2. The molecular weight excluding hydrogens is 274 g/mol. The van der Waals surface area contributed by atoms with Crippen molar-refractivity contribution in [3.63, 3.8) is 0 Å². The third-order valence-electron chi connectivity index (χ3n) is 2.62. The van der Waals surface area contributed by atoms with Crippen LogP contribution in [0.2, 0.25) is 0 Å². The first-order valence-corrected chi connectivity index (χ1v) is 5.72. The highest BCUT2D eigenvalue weighted by Gasteiger charge is 2.37. The van der Waals surface area contributed by atoms with Gasteiger partial charge in [-0.25, -0.2) is 4.39 Å². The molecular formula is C14H11F4NO. The van der Waals surface area contributed by atoms with E-state index in [4.69, 9.17) is 10.5 Å². The van der Waals surface area contributed by atoms with Gasteiger partial charge in [0.2, 0.25) is 0 Å². The van der Waals surface area contributed by atoms with Gasteiger partial charge < -0.3 is 10.5 Å². The Kier molecular flexibility index (Phi) is 3.94. The summed E-state index contributed by atoms with van der Waals surface area (Å²) in [5, 5.41) is 0. The Bertz CT molecular complexity index is 580. The number of alkyl halides is 3. The first kappa shape index (κ1) is 14.3. The highest BCUT2D eigenvalue weighted by Crippen LogP contribution is 2.32. The second kappa shape index (κ2) is 5.50. The molecule has 2 aromatic rings. The molecule has 2 aromatic carbocycles. The van der Waals surface area contributed by atoms with E-state index in [1.54, 1.807) is 0 Å². The molecule has 0 aliphatic rings. The van der Waals surface area contributed by atoms with Gasteiger partial charge >= 0.3 is 6.18 Å². The fraction of sp³-hybridized carbons (Fsp3) is 0.143. The molecule has 0 saturated heterocycles. The van der Waals surface area contributed by atoms with Crippen LogP contribution in [0.25, 0.3) is 0 Å². The molecule has 0 aliphatic carbocycles. The maximum Gasteiger partial charge on any atom is 0.407 e. The number of nitrogens with two attached hydrogens (primary N) is 1. The summed E-state index contributed by atoms with van der Waals surface area (Å²) >= 11 is 0. The minimum absolute atomic E-state index is 0.0999. The summed E-state index contributed by atoms with van der Waals surface area (Å²) in [6.07, 6.45) is -4.52. The molecule has 0 amide bonds. The van der Waals surface area contributed by atoms with Crippen molar-refractivity contribution in [2.24, 2.45) is 5.73 Å². The fourth-order valence-electron chi connectivity index (χ4n) is 1.60. The summed E-state index contributed by atoms with van der Waals surface area (Å²) in [6, 6.07) is 8.48.